The van der Waals surface area contributed by atoms with Crippen molar-refractivity contribution in [1.82, 2.24) is 0 Å². The van der Waals surface area contributed by atoms with Crippen LogP contribution in [0.25, 0.3) is 11.1 Å². The quantitative estimate of drug-likeness (QED) is 0.315. The van der Waals surface area contributed by atoms with E-state index in [1.54, 1.807) is 6.92 Å². The van der Waals surface area contributed by atoms with E-state index in [-0.39, 0.29) is 17.9 Å². The number of esters is 1. The van der Waals surface area contributed by atoms with Crippen LogP contribution in [0.3, 0.4) is 0 Å². The van der Waals surface area contributed by atoms with E-state index in [2.05, 4.69) is 5.32 Å². The molecule has 3 aromatic rings. The Balaban J connectivity index is 2.07. The Labute approximate surface area is 177 Å². The monoisotopic (exact) mass is 424 g/mol. The topological polar surface area (TPSA) is 98.5 Å². The summed E-state index contributed by atoms with van der Waals surface area (Å²) in [5.74, 6) is -1.06. The first kappa shape index (κ1) is 21.2. The molecule has 30 heavy (non-hydrogen) atoms. The van der Waals surface area contributed by atoms with E-state index in [0.717, 1.165) is 16.0 Å². The van der Waals surface area contributed by atoms with Crippen LogP contribution in [-0.2, 0) is 11.2 Å². The number of anilines is 1. The second-order valence-corrected chi connectivity index (χ2v) is 7.41. The van der Waals surface area contributed by atoms with Crippen LogP contribution in [0.15, 0.2) is 54.6 Å². The Bertz CT molecular complexity index is 1090. The van der Waals surface area contributed by atoms with Crippen LogP contribution in [0.2, 0.25) is 0 Å². The van der Waals surface area contributed by atoms with E-state index in [4.69, 9.17) is 4.74 Å². The molecule has 0 radical (unpaired) electrons. The zero-order valence-corrected chi connectivity index (χ0v) is 17.3. The Hall–Kier alpha value is -3.52. The number of carbonyl (C=O) groups is 2. The maximum atomic E-state index is 12.8. The number of carbonyl (C=O) groups excluding carboxylic acids is 2. The highest BCUT2D eigenvalue weighted by atomic mass is 32.1. The molecule has 0 aliphatic carbocycles. The number of non-ortho nitro benzene ring substituents is 1. The normalized spacial score (nSPS) is 10.5. The minimum atomic E-state index is -0.561. The predicted octanol–water partition coefficient (Wildman–Crippen LogP) is 5.31. The van der Waals surface area contributed by atoms with Gasteiger partial charge in [0.05, 0.1) is 11.5 Å². The van der Waals surface area contributed by atoms with Crippen LogP contribution in [0, 0.1) is 10.1 Å². The van der Waals surface area contributed by atoms with Gasteiger partial charge in [0.25, 0.3) is 11.6 Å². The smallest absolute Gasteiger partial charge is 0.341 e. The molecule has 0 saturated carbocycles. The summed E-state index contributed by atoms with van der Waals surface area (Å²) in [4.78, 5) is 37.0. The molecular weight excluding hydrogens is 404 g/mol. The van der Waals surface area contributed by atoms with Gasteiger partial charge in [-0.2, -0.15) is 0 Å². The van der Waals surface area contributed by atoms with Crippen molar-refractivity contribution in [3.63, 3.8) is 0 Å². The number of nitrogens with one attached hydrogen (secondary N) is 1. The maximum absolute atomic E-state index is 12.8. The fraction of sp³-hybridized carbons (Fsp3) is 0.182. The highest BCUT2D eigenvalue weighted by molar-refractivity contribution is 7.17. The lowest BCUT2D eigenvalue weighted by atomic mass is 10.00. The van der Waals surface area contributed by atoms with E-state index in [1.807, 2.05) is 37.3 Å². The molecule has 0 bridgehead atoms. The molecule has 0 aliphatic rings. The zero-order chi connectivity index (χ0) is 21.7. The molecule has 0 saturated heterocycles. The number of ether oxygens (including phenoxy) is 1. The second kappa shape index (κ2) is 9.32. The first-order valence-electron chi connectivity index (χ1n) is 9.40. The number of hydrogen-bond donors (Lipinski definition) is 1. The number of amides is 1. The lowest BCUT2D eigenvalue weighted by Crippen LogP contribution is -2.15. The summed E-state index contributed by atoms with van der Waals surface area (Å²) in [6, 6.07) is 14.9. The van der Waals surface area contributed by atoms with Gasteiger partial charge in [-0.3, -0.25) is 14.9 Å². The van der Waals surface area contributed by atoms with Crippen molar-refractivity contribution in [2.75, 3.05) is 11.9 Å². The fourth-order valence-corrected chi connectivity index (χ4v) is 4.20. The van der Waals surface area contributed by atoms with Gasteiger partial charge in [-0.15, -0.1) is 11.3 Å². The number of aryl methyl sites for hydroxylation is 1. The van der Waals surface area contributed by atoms with E-state index < -0.39 is 16.8 Å². The standard InChI is InChI=1S/C22H20N2O5S/c1-3-17-18(14-9-6-5-7-10-14)19(22(26)29-4-2)21(30-17)23-20(25)15-11-8-12-16(13-15)24(27)28/h5-13H,3-4H2,1-2H3,(H,23,25). The number of nitrogens with zero attached hydrogens (tertiary/aromatic N) is 1. The van der Waals surface area contributed by atoms with Gasteiger partial charge in [-0.05, 0) is 25.0 Å². The Morgan fingerprint density at radius 2 is 1.83 bits per heavy atom. The van der Waals surface area contributed by atoms with Gasteiger partial charge in [0.1, 0.15) is 10.6 Å². The molecule has 0 unspecified atom stereocenters. The van der Waals surface area contributed by atoms with Crippen LogP contribution >= 0.6 is 11.3 Å². The summed E-state index contributed by atoms with van der Waals surface area (Å²) in [6.45, 7) is 3.89. The number of nitro groups is 1. The van der Waals surface area contributed by atoms with Gasteiger partial charge < -0.3 is 10.1 Å². The van der Waals surface area contributed by atoms with Crippen molar-refractivity contribution in [2.45, 2.75) is 20.3 Å². The summed E-state index contributed by atoms with van der Waals surface area (Å²) in [6.07, 6.45) is 0.661. The molecule has 1 heterocycles. The first-order valence-corrected chi connectivity index (χ1v) is 10.2. The predicted molar refractivity (Wildman–Crippen MR) is 116 cm³/mol. The van der Waals surface area contributed by atoms with Gasteiger partial charge in [0, 0.05) is 28.1 Å². The minimum Gasteiger partial charge on any atom is -0.462 e. The van der Waals surface area contributed by atoms with Crippen LogP contribution in [-0.4, -0.2) is 23.4 Å². The Kier molecular flexibility index (Phi) is 6.58. The van der Waals surface area contributed by atoms with Crippen LogP contribution in [0.4, 0.5) is 10.7 Å². The lowest BCUT2D eigenvalue weighted by molar-refractivity contribution is -0.384. The van der Waals surface area contributed by atoms with Crippen molar-refractivity contribution < 1.29 is 19.2 Å². The van der Waals surface area contributed by atoms with Gasteiger partial charge in [-0.25, -0.2) is 4.79 Å². The summed E-state index contributed by atoms with van der Waals surface area (Å²) in [5.41, 5.74) is 1.83. The average molecular weight is 424 g/mol. The molecule has 1 amide bonds. The second-order valence-electron chi connectivity index (χ2n) is 6.31. The largest absolute Gasteiger partial charge is 0.462 e. The zero-order valence-electron chi connectivity index (χ0n) is 16.5. The third-order valence-corrected chi connectivity index (χ3v) is 5.64. The Morgan fingerprint density at radius 1 is 1.10 bits per heavy atom. The molecule has 2 aromatic carbocycles. The molecule has 0 fully saturated rings. The molecule has 7 nitrogen and oxygen atoms in total. The number of thiophene rings is 1. The summed E-state index contributed by atoms with van der Waals surface area (Å²) < 4.78 is 5.25. The third-order valence-electron chi connectivity index (χ3n) is 4.39. The fourth-order valence-electron chi connectivity index (χ4n) is 3.06. The average Bonchev–Trinajstić information content (AvgIpc) is 3.12. The maximum Gasteiger partial charge on any atom is 0.341 e. The van der Waals surface area contributed by atoms with E-state index in [1.165, 1.54) is 35.6 Å². The first-order chi connectivity index (χ1) is 14.5. The molecule has 0 atom stereocenters. The van der Waals surface area contributed by atoms with Gasteiger partial charge in [0.2, 0.25) is 0 Å². The highest BCUT2D eigenvalue weighted by Gasteiger charge is 2.26. The summed E-state index contributed by atoms with van der Waals surface area (Å²) in [5, 5.41) is 14.1. The number of hydrogen-bond acceptors (Lipinski definition) is 6. The van der Waals surface area contributed by atoms with Crippen LogP contribution in [0.5, 0.6) is 0 Å². The van der Waals surface area contributed by atoms with Crippen molar-refractivity contribution in [3.8, 4) is 11.1 Å². The number of nitro benzene ring substituents is 1. The number of benzene rings is 2. The SMILES string of the molecule is CCOC(=O)c1c(NC(=O)c2cccc([N+](=O)[O-])c2)sc(CC)c1-c1ccccc1. The van der Waals surface area contributed by atoms with E-state index in [9.17, 15) is 19.7 Å². The lowest BCUT2D eigenvalue weighted by Gasteiger charge is -2.09. The summed E-state index contributed by atoms with van der Waals surface area (Å²) in [7, 11) is 0. The van der Waals surface area contributed by atoms with Crippen molar-refractivity contribution in [1.29, 1.82) is 0 Å². The molecule has 1 aromatic heterocycles. The highest BCUT2D eigenvalue weighted by Crippen LogP contribution is 2.41. The van der Waals surface area contributed by atoms with Crippen molar-refractivity contribution >= 4 is 33.9 Å². The third kappa shape index (κ3) is 4.38. The van der Waals surface area contributed by atoms with Crippen LogP contribution in [0.1, 0.15) is 39.4 Å². The Morgan fingerprint density at radius 3 is 2.47 bits per heavy atom. The van der Waals surface area contributed by atoms with E-state index >= 15 is 0 Å². The van der Waals surface area contributed by atoms with Crippen LogP contribution < -0.4 is 5.32 Å². The molecule has 154 valence electrons. The molecule has 3 rings (SSSR count). The molecule has 0 aliphatic heterocycles. The van der Waals surface area contributed by atoms with Crippen molar-refractivity contribution in [3.05, 3.63) is 80.7 Å². The summed E-state index contributed by atoms with van der Waals surface area (Å²) >= 11 is 1.30. The van der Waals surface area contributed by atoms with Gasteiger partial charge in [0.15, 0.2) is 0 Å². The molecule has 0 spiro atoms. The van der Waals surface area contributed by atoms with Gasteiger partial charge >= 0.3 is 5.97 Å². The van der Waals surface area contributed by atoms with Crippen molar-refractivity contribution in [2.24, 2.45) is 0 Å². The van der Waals surface area contributed by atoms with E-state index in [0.29, 0.717) is 17.0 Å². The number of rotatable bonds is 7. The molecular formula is C22H20N2O5S. The molecule has 8 heteroatoms. The van der Waals surface area contributed by atoms with Gasteiger partial charge in [-0.1, -0.05) is 43.3 Å². The molecule has 1 N–H and O–H groups in total. The minimum absolute atomic E-state index is 0.131.